The Morgan fingerprint density at radius 1 is 0.976 bits per heavy atom. The van der Waals surface area contributed by atoms with Crippen molar-refractivity contribution in [3.05, 3.63) is 35.9 Å². The number of amides is 5. The molecule has 0 spiro atoms. The third-order valence-electron chi connectivity index (χ3n) is 6.59. The quantitative estimate of drug-likeness (QED) is 0.0942. The molecule has 1 aromatic rings. The molecule has 1 fully saturated rings. The van der Waals surface area contributed by atoms with E-state index in [9.17, 15) is 33.9 Å². The van der Waals surface area contributed by atoms with Gasteiger partial charge in [0.1, 0.15) is 24.2 Å². The van der Waals surface area contributed by atoms with Gasteiger partial charge >= 0.3 is 5.97 Å². The maximum absolute atomic E-state index is 13.8. The molecule has 15 nitrogen and oxygen atoms in total. The molecule has 4 atom stereocenters. The summed E-state index contributed by atoms with van der Waals surface area (Å²) in [6, 6.07) is 3.92. The van der Waals surface area contributed by atoms with Crippen LogP contribution in [0.4, 0.5) is 0 Å². The average molecular weight is 589 g/mol. The largest absolute Gasteiger partial charge is 0.481 e. The monoisotopic (exact) mass is 588 g/mol. The van der Waals surface area contributed by atoms with Crippen molar-refractivity contribution in [1.29, 1.82) is 0 Å². The number of nitrogens with zero attached hydrogens (tertiary/aromatic N) is 2. The molecule has 0 saturated carbocycles. The van der Waals surface area contributed by atoms with Gasteiger partial charge in [-0.2, -0.15) is 0 Å². The van der Waals surface area contributed by atoms with E-state index in [-0.39, 0.29) is 25.3 Å². The Morgan fingerprint density at radius 3 is 2.21 bits per heavy atom. The molecule has 2 rings (SSSR count). The second-order valence-corrected chi connectivity index (χ2v) is 10.3. The van der Waals surface area contributed by atoms with Crippen LogP contribution in [0.1, 0.15) is 38.7 Å². The lowest BCUT2D eigenvalue weighted by Gasteiger charge is -2.34. The van der Waals surface area contributed by atoms with E-state index in [0.29, 0.717) is 12.0 Å². The highest BCUT2D eigenvalue weighted by molar-refractivity contribution is 5.98. The van der Waals surface area contributed by atoms with Gasteiger partial charge in [-0.25, -0.2) is 0 Å². The van der Waals surface area contributed by atoms with Crippen molar-refractivity contribution < 1.29 is 33.9 Å². The van der Waals surface area contributed by atoms with E-state index in [2.05, 4.69) is 26.3 Å². The number of guanidine groups is 1. The lowest BCUT2D eigenvalue weighted by molar-refractivity contribution is -0.144. The molecular formula is C27H40N8O7. The Balaban J connectivity index is 2.50. The molecule has 42 heavy (non-hydrogen) atoms. The number of hydrogen-bond donors (Lipinski definition) is 7. The highest BCUT2D eigenvalue weighted by Crippen LogP contribution is 2.15. The van der Waals surface area contributed by atoms with Crippen LogP contribution >= 0.6 is 0 Å². The Kier molecular flexibility index (Phi) is 12.7. The molecule has 1 aliphatic rings. The van der Waals surface area contributed by atoms with E-state index >= 15 is 0 Å². The van der Waals surface area contributed by atoms with E-state index in [1.807, 2.05) is 0 Å². The van der Waals surface area contributed by atoms with E-state index in [1.165, 1.54) is 11.9 Å². The van der Waals surface area contributed by atoms with E-state index in [4.69, 9.17) is 11.5 Å². The zero-order valence-corrected chi connectivity index (χ0v) is 24.0. The minimum absolute atomic E-state index is 0.0311. The van der Waals surface area contributed by atoms with E-state index in [0.717, 1.165) is 0 Å². The second-order valence-electron chi connectivity index (χ2n) is 10.3. The first-order valence-corrected chi connectivity index (χ1v) is 13.6. The molecule has 230 valence electrons. The number of nitrogens with one attached hydrogen (secondary N) is 4. The van der Waals surface area contributed by atoms with Crippen LogP contribution in [0, 0.1) is 5.92 Å². The van der Waals surface area contributed by atoms with E-state index in [1.54, 1.807) is 44.2 Å². The number of carbonyl (C=O) groups is 6. The topological polar surface area (TPSA) is 238 Å². The number of carboxylic acid groups (broad SMARTS) is 1. The predicted octanol–water partition coefficient (Wildman–Crippen LogP) is -2.18. The standard InChI is InChI=1S/C27H40N8O7/c1-15(2)22-25(41)33-17(10-7-11-30-27(28)29)23(39)31-14-20(36)32-18(13-21(37)38)24(40)34-19(26(42)35(22)3)12-16-8-5-4-6-9-16/h4-6,8-9,15,17-19,22H,7,10-14H2,1-3H3,(H,31,39)(H,32,36)(H,33,41)(H,34,40)(H,37,38)(H4,28,29,30)/t17-,18-,19-,22-/m0/s1. The molecule has 5 amide bonds. The Bertz CT molecular complexity index is 1170. The number of benzene rings is 1. The summed E-state index contributed by atoms with van der Waals surface area (Å²) in [5, 5.41) is 19.3. The fourth-order valence-corrected chi connectivity index (χ4v) is 4.58. The van der Waals surface area contributed by atoms with Crippen LogP contribution in [0.2, 0.25) is 0 Å². The summed E-state index contributed by atoms with van der Waals surface area (Å²) in [7, 11) is 1.42. The van der Waals surface area contributed by atoms with Gasteiger partial charge in [-0.05, 0) is 24.3 Å². The van der Waals surface area contributed by atoms with E-state index < -0.39 is 78.6 Å². The maximum atomic E-state index is 13.8. The van der Waals surface area contributed by atoms with Gasteiger partial charge in [0.05, 0.1) is 13.0 Å². The highest BCUT2D eigenvalue weighted by Gasteiger charge is 2.37. The van der Waals surface area contributed by atoms with Crippen LogP contribution in [0.5, 0.6) is 0 Å². The molecule has 9 N–H and O–H groups in total. The van der Waals surface area contributed by atoms with Gasteiger partial charge in [0.2, 0.25) is 29.5 Å². The smallest absolute Gasteiger partial charge is 0.305 e. The van der Waals surface area contributed by atoms with Gasteiger partial charge in [-0.15, -0.1) is 0 Å². The van der Waals surface area contributed by atoms with Crippen molar-refractivity contribution in [3.8, 4) is 0 Å². The number of likely N-dealkylation sites (N-methyl/N-ethyl adjacent to an activating group) is 1. The Labute approximate surface area is 243 Å². The number of rotatable bonds is 9. The van der Waals surface area contributed by atoms with Crippen LogP contribution in [-0.2, 0) is 35.2 Å². The van der Waals surface area contributed by atoms with Crippen LogP contribution in [-0.4, -0.2) is 95.8 Å². The van der Waals surface area contributed by atoms with Crippen LogP contribution in [0.15, 0.2) is 35.3 Å². The number of aliphatic carboxylic acids is 1. The molecule has 0 radical (unpaired) electrons. The molecule has 1 aliphatic heterocycles. The van der Waals surface area contributed by atoms with Gasteiger partial charge < -0.3 is 42.7 Å². The van der Waals surface area contributed by atoms with Crippen LogP contribution in [0.3, 0.4) is 0 Å². The van der Waals surface area contributed by atoms with Crippen molar-refractivity contribution in [3.63, 3.8) is 0 Å². The van der Waals surface area contributed by atoms with Gasteiger partial charge in [-0.1, -0.05) is 44.2 Å². The number of carbonyl (C=O) groups excluding carboxylic acids is 5. The number of nitrogens with two attached hydrogens (primary N) is 2. The molecular weight excluding hydrogens is 548 g/mol. The maximum Gasteiger partial charge on any atom is 0.305 e. The number of aliphatic imine (C=N–C) groups is 1. The van der Waals surface area contributed by atoms with Crippen LogP contribution < -0.4 is 32.7 Å². The fourth-order valence-electron chi connectivity index (χ4n) is 4.58. The zero-order chi connectivity index (χ0) is 31.4. The van der Waals surface area contributed by atoms with Gasteiger partial charge in [0.15, 0.2) is 5.96 Å². The molecule has 0 unspecified atom stereocenters. The SMILES string of the molecule is CC(C)[C@H]1C(=O)N[C@@H](CCCN=C(N)N)C(=O)NCC(=O)N[C@@H](CC(=O)O)C(=O)N[C@@H](Cc2ccccc2)C(=O)N1C. The molecule has 1 saturated heterocycles. The lowest BCUT2D eigenvalue weighted by atomic mass is 9.98. The minimum Gasteiger partial charge on any atom is -0.481 e. The third-order valence-corrected chi connectivity index (χ3v) is 6.59. The van der Waals surface area contributed by atoms with Crippen molar-refractivity contribution in [1.82, 2.24) is 26.2 Å². The van der Waals surface area contributed by atoms with Crippen molar-refractivity contribution >= 4 is 41.5 Å². The normalized spacial score (nSPS) is 22.7. The molecule has 0 bridgehead atoms. The summed E-state index contributed by atoms with van der Waals surface area (Å²) >= 11 is 0. The first kappa shape index (κ1) is 33.5. The Morgan fingerprint density at radius 2 is 1.62 bits per heavy atom. The highest BCUT2D eigenvalue weighted by atomic mass is 16.4. The molecule has 1 heterocycles. The van der Waals surface area contributed by atoms with Crippen molar-refractivity contribution in [2.75, 3.05) is 20.1 Å². The first-order chi connectivity index (χ1) is 19.8. The summed E-state index contributed by atoms with van der Waals surface area (Å²) in [6.45, 7) is 3.04. The average Bonchev–Trinajstić information content (AvgIpc) is 2.91. The van der Waals surface area contributed by atoms with Gasteiger partial charge in [0, 0.05) is 20.0 Å². The van der Waals surface area contributed by atoms with Gasteiger partial charge in [-0.3, -0.25) is 33.8 Å². The summed E-state index contributed by atoms with van der Waals surface area (Å²) in [5.74, 6) is -5.58. The minimum atomic E-state index is -1.54. The molecule has 1 aromatic carbocycles. The zero-order valence-electron chi connectivity index (χ0n) is 24.0. The molecule has 15 heteroatoms. The molecule has 0 aromatic heterocycles. The number of hydrogen-bond acceptors (Lipinski definition) is 7. The summed E-state index contributed by atoms with van der Waals surface area (Å²) in [6.07, 6.45) is -0.322. The van der Waals surface area contributed by atoms with Crippen molar-refractivity contribution in [2.24, 2.45) is 22.4 Å². The van der Waals surface area contributed by atoms with Crippen LogP contribution in [0.25, 0.3) is 0 Å². The lowest BCUT2D eigenvalue weighted by Crippen LogP contribution is -2.59. The summed E-state index contributed by atoms with van der Waals surface area (Å²) in [4.78, 5) is 82.8. The number of carboxylic acids is 1. The summed E-state index contributed by atoms with van der Waals surface area (Å²) in [5.41, 5.74) is 11.4. The second kappa shape index (κ2) is 15.9. The third kappa shape index (κ3) is 10.4. The molecule has 0 aliphatic carbocycles. The fraction of sp³-hybridized carbons (Fsp3) is 0.519. The van der Waals surface area contributed by atoms with Gasteiger partial charge in [0.25, 0.3) is 0 Å². The Hall–Kier alpha value is -4.69. The predicted molar refractivity (Wildman–Crippen MR) is 153 cm³/mol. The summed E-state index contributed by atoms with van der Waals surface area (Å²) < 4.78 is 0. The van der Waals surface area contributed by atoms with Crippen molar-refractivity contribution in [2.45, 2.75) is 63.7 Å². The first-order valence-electron chi connectivity index (χ1n) is 13.6.